The van der Waals surface area contributed by atoms with Crippen molar-refractivity contribution in [2.45, 2.75) is 51.7 Å². The molecule has 7 nitrogen and oxygen atoms in total. The second kappa shape index (κ2) is 9.35. The molecular weight excluding hydrogens is 444 g/mol. The number of carbonyl (C=O) groups excluding carboxylic acids is 4. The Kier molecular flexibility index (Phi) is 6.51. The Morgan fingerprint density at radius 3 is 2.48 bits per heavy atom. The number of nitrogens with one attached hydrogen (secondary N) is 1. The first-order valence-corrected chi connectivity index (χ1v) is 11.4. The largest absolute Gasteiger partial charge is 0.449 e. The fraction of sp³-hybridized carbons (Fsp3) is 0.360. The highest BCUT2D eigenvalue weighted by atomic mass is 35.5. The molecule has 1 heterocycles. The van der Waals surface area contributed by atoms with E-state index in [9.17, 15) is 19.2 Å². The Labute approximate surface area is 197 Å². The molecule has 3 amide bonds. The SMILES string of the molecule is CC(OC(=O)c1ccc2c(c1)C(=O)N(c1ccccc1Cl)C2=O)C(=O)NC1CCCCC1C. The summed E-state index contributed by atoms with van der Waals surface area (Å²) in [5, 5.41) is 3.24. The van der Waals surface area contributed by atoms with Gasteiger partial charge in [0.1, 0.15) is 0 Å². The zero-order valence-electron chi connectivity index (χ0n) is 18.5. The lowest BCUT2D eigenvalue weighted by Crippen LogP contribution is -2.46. The number of carbonyl (C=O) groups is 4. The number of esters is 1. The Hall–Kier alpha value is -3.19. The van der Waals surface area contributed by atoms with E-state index in [0.717, 1.165) is 30.6 Å². The van der Waals surface area contributed by atoms with Crippen molar-refractivity contribution in [3.8, 4) is 0 Å². The number of hydrogen-bond acceptors (Lipinski definition) is 5. The molecule has 1 fully saturated rings. The first kappa shape index (κ1) is 23.0. The summed E-state index contributed by atoms with van der Waals surface area (Å²) in [5.74, 6) is -1.80. The quantitative estimate of drug-likeness (QED) is 0.519. The third-order valence-corrected chi connectivity index (χ3v) is 6.63. The first-order chi connectivity index (χ1) is 15.8. The molecule has 1 aliphatic heterocycles. The lowest BCUT2D eigenvalue weighted by molar-refractivity contribution is -0.130. The Balaban J connectivity index is 1.47. The summed E-state index contributed by atoms with van der Waals surface area (Å²) in [4.78, 5) is 51.9. The zero-order chi connectivity index (χ0) is 23.7. The molecule has 4 rings (SSSR count). The molecule has 2 aliphatic rings. The lowest BCUT2D eigenvalue weighted by Gasteiger charge is -2.30. The highest BCUT2D eigenvalue weighted by Gasteiger charge is 2.38. The van der Waals surface area contributed by atoms with Crippen LogP contribution in [0.4, 0.5) is 5.69 Å². The standard InChI is InChI=1S/C25H25ClN2O5/c1-14-7-3-5-9-20(14)27-22(29)15(2)33-25(32)16-11-12-17-18(13-16)24(31)28(23(17)30)21-10-6-4-8-19(21)26/h4,6,8,10-15,20H,3,5,7,9H2,1-2H3,(H,27,29). The van der Waals surface area contributed by atoms with Crippen molar-refractivity contribution in [3.05, 3.63) is 64.2 Å². The number of benzene rings is 2. The number of fused-ring (bicyclic) bond motifs is 1. The number of halogens is 1. The van der Waals surface area contributed by atoms with Crippen LogP contribution in [0.1, 0.15) is 70.6 Å². The van der Waals surface area contributed by atoms with E-state index in [2.05, 4.69) is 12.2 Å². The molecule has 1 saturated carbocycles. The highest BCUT2D eigenvalue weighted by molar-refractivity contribution is 6.39. The van der Waals surface area contributed by atoms with Gasteiger partial charge in [0, 0.05) is 6.04 Å². The topological polar surface area (TPSA) is 92.8 Å². The predicted molar refractivity (Wildman–Crippen MR) is 123 cm³/mol. The van der Waals surface area contributed by atoms with Crippen molar-refractivity contribution >= 4 is 41.0 Å². The summed E-state index contributed by atoms with van der Waals surface area (Å²) in [5.41, 5.74) is 0.620. The molecule has 2 aromatic rings. The third kappa shape index (κ3) is 4.50. The van der Waals surface area contributed by atoms with Crippen LogP contribution >= 0.6 is 11.6 Å². The summed E-state index contributed by atoms with van der Waals surface area (Å²) in [6.07, 6.45) is 3.21. The molecule has 8 heteroatoms. The van der Waals surface area contributed by atoms with Crippen molar-refractivity contribution in [2.75, 3.05) is 4.90 Å². The maximum Gasteiger partial charge on any atom is 0.338 e. The fourth-order valence-electron chi connectivity index (χ4n) is 4.33. The van der Waals surface area contributed by atoms with Crippen LogP contribution in [0.3, 0.4) is 0 Å². The number of hydrogen-bond donors (Lipinski definition) is 1. The molecule has 1 N–H and O–H groups in total. The van der Waals surface area contributed by atoms with Gasteiger partial charge in [0.05, 0.1) is 27.4 Å². The molecular formula is C25H25ClN2O5. The van der Waals surface area contributed by atoms with Gasteiger partial charge < -0.3 is 10.1 Å². The van der Waals surface area contributed by atoms with Crippen LogP contribution in [0.5, 0.6) is 0 Å². The molecule has 0 aromatic heterocycles. The average molecular weight is 469 g/mol. The smallest absolute Gasteiger partial charge is 0.338 e. The molecule has 1 aliphatic carbocycles. The molecule has 0 radical (unpaired) electrons. The number of anilines is 1. The molecule has 0 spiro atoms. The van der Waals surface area contributed by atoms with Crippen LogP contribution in [-0.2, 0) is 9.53 Å². The van der Waals surface area contributed by atoms with Gasteiger partial charge in [0.2, 0.25) is 0 Å². The monoisotopic (exact) mass is 468 g/mol. The second-order valence-corrected chi connectivity index (χ2v) is 8.99. The van der Waals surface area contributed by atoms with E-state index in [4.69, 9.17) is 16.3 Å². The van der Waals surface area contributed by atoms with E-state index in [1.54, 1.807) is 24.3 Å². The van der Waals surface area contributed by atoms with E-state index in [-0.39, 0.29) is 39.3 Å². The van der Waals surface area contributed by atoms with Gasteiger partial charge in [0.15, 0.2) is 6.10 Å². The van der Waals surface area contributed by atoms with Gasteiger partial charge in [-0.2, -0.15) is 0 Å². The van der Waals surface area contributed by atoms with Crippen molar-refractivity contribution in [3.63, 3.8) is 0 Å². The van der Waals surface area contributed by atoms with Crippen LogP contribution in [0.2, 0.25) is 5.02 Å². The van der Waals surface area contributed by atoms with Crippen LogP contribution < -0.4 is 10.2 Å². The van der Waals surface area contributed by atoms with Crippen LogP contribution in [0.25, 0.3) is 0 Å². The van der Waals surface area contributed by atoms with Crippen molar-refractivity contribution in [1.82, 2.24) is 5.32 Å². The van der Waals surface area contributed by atoms with Gasteiger partial charge in [0.25, 0.3) is 17.7 Å². The number of ether oxygens (including phenoxy) is 1. The Morgan fingerprint density at radius 2 is 1.76 bits per heavy atom. The molecule has 33 heavy (non-hydrogen) atoms. The van der Waals surface area contributed by atoms with Gasteiger partial charge in [-0.1, -0.05) is 43.5 Å². The van der Waals surface area contributed by atoms with Crippen LogP contribution in [-0.4, -0.2) is 35.8 Å². The number of rotatable bonds is 5. The average Bonchev–Trinajstić information content (AvgIpc) is 3.05. The van der Waals surface area contributed by atoms with Crippen LogP contribution in [0.15, 0.2) is 42.5 Å². The van der Waals surface area contributed by atoms with E-state index in [0.29, 0.717) is 5.92 Å². The van der Waals surface area contributed by atoms with Crippen LogP contribution in [0, 0.1) is 5.92 Å². The van der Waals surface area contributed by atoms with E-state index < -0.39 is 23.9 Å². The first-order valence-electron chi connectivity index (χ1n) is 11.1. The Bertz CT molecular complexity index is 1130. The molecule has 3 unspecified atom stereocenters. The predicted octanol–water partition coefficient (Wildman–Crippen LogP) is 4.38. The summed E-state index contributed by atoms with van der Waals surface area (Å²) in [7, 11) is 0. The number of para-hydroxylation sites is 1. The summed E-state index contributed by atoms with van der Waals surface area (Å²) >= 11 is 6.17. The van der Waals surface area contributed by atoms with E-state index in [1.807, 2.05) is 0 Å². The van der Waals surface area contributed by atoms with Gasteiger partial charge in [-0.25, -0.2) is 9.69 Å². The minimum Gasteiger partial charge on any atom is -0.449 e. The molecule has 3 atom stereocenters. The van der Waals surface area contributed by atoms with Crippen molar-refractivity contribution < 1.29 is 23.9 Å². The zero-order valence-corrected chi connectivity index (χ0v) is 19.2. The third-order valence-electron chi connectivity index (χ3n) is 6.31. The maximum absolute atomic E-state index is 12.9. The summed E-state index contributed by atoms with van der Waals surface area (Å²) in [6.45, 7) is 3.62. The van der Waals surface area contributed by atoms with Crippen molar-refractivity contribution in [1.29, 1.82) is 0 Å². The normalized spacial score (nSPS) is 20.9. The molecule has 0 saturated heterocycles. The van der Waals surface area contributed by atoms with Gasteiger partial charge in [-0.3, -0.25) is 14.4 Å². The lowest BCUT2D eigenvalue weighted by atomic mass is 9.86. The number of imide groups is 1. The maximum atomic E-state index is 12.9. The minimum atomic E-state index is -0.989. The summed E-state index contributed by atoms with van der Waals surface area (Å²) in [6, 6.07) is 10.8. The van der Waals surface area contributed by atoms with Crippen molar-refractivity contribution in [2.24, 2.45) is 5.92 Å². The minimum absolute atomic E-state index is 0.0758. The second-order valence-electron chi connectivity index (χ2n) is 8.58. The van der Waals surface area contributed by atoms with E-state index in [1.165, 1.54) is 25.1 Å². The fourth-order valence-corrected chi connectivity index (χ4v) is 4.55. The number of amides is 3. The van der Waals surface area contributed by atoms with E-state index >= 15 is 0 Å². The molecule has 172 valence electrons. The Morgan fingerprint density at radius 1 is 1.06 bits per heavy atom. The molecule has 2 aromatic carbocycles. The van der Waals surface area contributed by atoms with Gasteiger partial charge >= 0.3 is 5.97 Å². The van der Waals surface area contributed by atoms with Gasteiger partial charge in [-0.05, 0) is 56.0 Å². The highest BCUT2D eigenvalue weighted by Crippen LogP contribution is 2.33. The van der Waals surface area contributed by atoms with Gasteiger partial charge in [-0.15, -0.1) is 0 Å². The summed E-state index contributed by atoms with van der Waals surface area (Å²) < 4.78 is 5.35. The molecule has 0 bridgehead atoms. The number of nitrogens with zero attached hydrogens (tertiary/aromatic N) is 1.